The summed E-state index contributed by atoms with van der Waals surface area (Å²) in [5.41, 5.74) is 0.856. The zero-order valence-corrected chi connectivity index (χ0v) is 26.9. The van der Waals surface area contributed by atoms with E-state index in [0.29, 0.717) is 19.3 Å². The highest BCUT2D eigenvalue weighted by Gasteiger charge is 2.34. The summed E-state index contributed by atoms with van der Waals surface area (Å²) in [7, 11) is 0. The van der Waals surface area contributed by atoms with E-state index in [9.17, 15) is 25.2 Å². The zero-order chi connectivity index (χ0) is 30.6. The second-order valence-electron chi connectivity index (χ2n) is 13.1. The smallest absolute Gasteiger partial charge is 0.331 e. The third-order valence-electron chi connectivity index (χ3n) is 9.25. The van der Waals surface area contributed by atoms with E-state index in [1.165, 1.54) is 63.9 Å². The summed E-state index contributed by atoms with van der Waals surface area (Å²) in [6.07, 6.45) is 22.4. The summed E-state index contributed by atoms with van der Waals surface area (Å²) in [6.45, 7) is 4.08. The Labute approximate surface area is 256 Å². The van der Waals surface area contributed by atoms with Gasteiger partial charge in [-0.25, -0.2) is 4.79 Å². The number of cyclic esters (lactones) is 1. The molecule has 1 saturated heterocycles. The number of hydrogen-bond donors (Lipinski definition) is 4. The first-order chi connectivity index (χ1) is 20.3. The number of rotatable bonds is 26. The molecule has 7 atom stereocenters. The highest BCUT2D eigenvalue weighted by atomic mass is 16.5. The molecule has 2 heterocycles. The maximum Gasteiger partial charge on any atom is 0.331 e. The van der Waals surface area contributed by atoms with E-state index in [2.05, 4.69) is 6.92 Å². The molecular weight excluding hydrogens is 532 g/mol. The van der Waals surface area contributed by atoms with Gasteiger partial charge in [0, 0.05) is 6.08 Å². The highest BCUT2D eigenvalue weighted by molar-refractivity contribution is 5.85. The maximum absolute atomic E-state index is 11.3. The Bertz CT molecular complexity index is 726. The van der Waals surface area contributed by atoms with E-state index in [1.54, 1.807) is 0 Å². The molecule has 0 aromatic carbocycles. The first kappa shape index (κ1) is 37.2. The van der Waals surface area contributed by atoms with Crippen LogP contribution in [-0.2, 0) is 14.3 Å². The van der Waals surface area contributed by atoms with Crippen molar-refractivity contribution in [2.24, 2.45) is 0 Å². The van der Waals surface area contributed by atoms with Crippen LogP contribution in [0.5, 0.6) is 0 Å². The lowest BCUT2D eigenvalue weighted by Gasteiger charge is -2.22. The summed E-state index contributed by atoms with van der Waals surface area (Å²) in [5.74, 6) is -0.326. The van der Waals surface area contributed by atoms with Crippen LogP contribution in [0.2, 0.25) is 0 Å². The average molecular weight is 597 g/mol. The van der Waals surface area contributed by atoms with Crippen LogP contribution in [0.15, 0.2) is 11.6 Å². The van der Waals surface area contributed by atoms with Gasteiger partial charge in [0.2, 0.25) is 0 Å². The number of carbonyl (C=O) groups is 1. The van der Waals surface area contributed by atoms with Gasteiger partial charge in [-0.2, -0.15) is 0 Å². The summed E-state index contributed by atoms with van der Waals surface area (Å²) in [4.78, 5) is 11.3. The normalized spacial score (nSPS) is 23.5. The number of unbranched alkanes of at least 4 members (excludes halogenated alkanes) is 12. The Kier molecular flexibility index (Phi) is 19.9. The minimum absolute atomic E-state index is 0.138. The van der Waals surface area contributed by atoms with Gasteiger partial charge in [-0.1, -0.05) is 103 Å². The third-order valence-corrected chi connectivity index (χ3v) is 9.25. The molecule has 0 spiro atoms. The molecule has 42 heavy (non-hydrogen) atoms. The van der Waals surface area contributed by atoms with Gasteiger partial charge in [0.05, 0.1) is 36.6 Å². The van der Waals surface area contributed by atoms with E-state index < -0.39 is 18.3 Å². The Morgan fingerprint density at radius 1 is 0.667 bits per heavy atom. The predicted octanol–water partition coefficient (Wildman–Crippen LogP) is 7.06. The number of hydrogen-bond acceptors (Lipinski definition) is 7. The number of carbonyl (C=O) groups excluding carboxylic acids is 1. The Hall–Kier alpha value is -0.990. The summed E-state index contributed by atoms with van der Waals surface area (Å²) in [6, 6.07) is 0. The first-order valence-corrected chi connectivity index (χ1v) is 17.6. The fourth-order valence-electron chi connectivity index (χ4n) is 6.43. The Balaban J connectivity index is 1.41. The number of aliphatic hydroxyl groups is 4. The van der Waals surface area contributed by atoms with Crippen LogP contribution in [0.1, 0.15) is 162 Å². The van der Waals surface area contributed by atoms with Crippen molar-refractivity contribution in [2.75, 3.05) is 0 Å². The Morgan fingerprint density at radius 3 is 1.60 bits per heavy atom. The molecule has 0 unspecified atom stereocenters. The van der Waals surface area contributed by atoms with Crippen LogP contribution >= 0.6 is 0 Å². The van der Waals surface area contributed by atoms with E-state index >= 15 is 0 Å². The largest absolute Gasteiger partial charge is 0.455 e. The van der Waals surface area contributed by atoms with E-state index in [-0.39, 0.29) is 30.4 Å². The lowest BCUT2D eigenvalue weighted by molar-refractivity contribution is -0.138. The second-order valence-corrected chi connectivity index (χ2v) is 13.1. The van der Waals surface area contributed by atoms with Crippen molar-refractivity contribution >= 4 is 5.97 Å². The molecule has 0 bridgehead atoms. The summed E-state index contributed by atoms with van der Waals surface area (Å²) in [5, 5.41) is 41.7. The standard InChI is InChI=1S/C35H64O7/c1-3-4-5-6-7-8-9-10-11-14-21-31(38)33-23-24-34(42-33)32(39)22-15-12-13-18-29(36)19-16-17-20-30(37)25-28-26-35(40)41-27(28)2/h26-27,29-34,36-39H,3-25H2,1-2H3/t27-,29-,30-,31+,32-,33-,34-/m0/s1. The fourth-order valence-corrected chi connectivity index (χ4v) is 6.43. The van der Waals surface area contributed by atoms with Crippen molar-refractivity contribution in [1.29, 1.82) is 0 Å². The van der Waals surface area contributed by atoms with Crippen LogP contribution < -0.4 is 0 Å². The fraction of sp³-hybridized carbons (Fsp3) is 0.914. The minimum Gasteiger partial charge on any atom is -0.455 e. The van der Waals surface area contributed by atoms with Crippen molar-refractivity contribution < 1.29 is 34.7 Å². The van der Waals surface area contributed by atoms with Crippen LogP contribution in [0.4, 0.5) is 0 Å². The molecule has 0 aromatic heterocycles. The predicted molar refractivity (Wildman–Crippen MR) is 168 cm³/mol. The van der Waals surface area contributed by atoms with Crippen LogP contribution in [-0.4, -0.2) is 69.1 Å². The van der Waals surface area contributed by atoms with Gasteiger partial charge in [0.15, 0.2) is 0 Å². The van der Waals surface area contributed by atoms with Crippen molar-refractivity contribution in [2.45, 2.75) is 204 Å². The first-order valence-electron chi connectivity index (χ1n) is 17.6. The van der Waals surface area contributed by atoms with Crippen LogP contribution in [0.25, 0.3) is 0 Å². The molecule has 1 fully saturated rings. The Morgan fingerprint density at radius 2 is 1.10 bits per heavy atom. The van der Waals surface area contributed by atoms with Gasteiger partial charge in [0.1, 0.15) is 6.10 Å². The van der Waals surface area contributed by atoms with Gasteiger partial charge in [-0.3, -0.25) is 0 Å². The SMILES string of the molecule is CCCCCCCCCCCC[C@@H](O)[C@@H]1CC[C@@H]([C@@H](O)CCCCC[C@H](O)CCCC[C@H](O)CC2=CC(=O)O[C@H]2C)O1. The van der Waals surface area contributed by atoms with Crippen molar-refractivity contribution in [3.8, 4) is 0 Å². The number of aliphatic hydroxyl groups excluding tert-OH is 4. The van der Waals surface area contributed by atoms with Crippen molar-refractivity contribution in [1.82, 2.24) is 0 Å². The van der Waals surface area contributed by atoms with Crippen LogP contribution in [0.3, 0.4) is 0 Å². The molecule has 0 aromatic rings. The second kappa shape index (κ2) is 22.5. The number of ether oxygens (including phenoxy) is 2. The summed E-state index contributed by atoms with van der Waals surface area (Å²) < 4.78 is 11.1. The van der Waals surface area contributed by atoms with Gasteiger partial charge in [-0.15, -0.1) is 0 Å². The molecule has 0 aliphatic carbocycles. The topological polar surface area (TPSA) is 116 Å². The number of esters is 1. The van der Waals surface area contributed by atoms with Gasteiger partial charge < -0.3 is 29.9 Å². The molecule has 7 heteroatoms. The highest BCUT2D eigenvalue weighted by Crippen LogP contribution is 2.28. The maximum atomic E-state index is 11.3. The van der Waals surface area contributed by atoms with Gasteiger partial charge in [-0.05, 0) is 63.9 Å². The van der Waals surface area contributed by atoms with Gasteiger partial charge >= 0.3 is 5.97 Å². The molecule has 2 rings (SSSR count). The summed E-state index contributed by atoms with van der Waals surface area (Å²) >= 11 is 0. The van der Waals surface area contributed by atoms with E-state index in [1.807, 2.05) is 6.92 Å². The zero-order valence-electron chi connectivity index (χ0n) is 26.9. The lowest BCUT2D eigenvalue weighted by Crippen LogP contribution is -2.31. The van der Waals surface area contributed by atoms with E-state index in [0.717, 1.165) is 76.2 Å². The molecule has 0 radical (unpaired) electrons. The quantitative estimate of drug-likeness (QED) is 0.0624. The minimum atomic E-state index is -0.483. The molecular formula is C35H64O7. The van der Waals surface area contributed by atoms with Crippen molar-refractivity contribution in [3.63, 3.8) is 0 Å². The molecule has 2 aliphatic heterocycles. The third kappa shape index (κ3) is 16.2. The molecule has 0 amide bonds. The molecule has 246 valence electrons. The van der Waals surface area contributed by atoms with E-state index in [4.69, 9.17) is 9.47 Å². The monoisotopic (exact) mass is 596 g/mol. The molecule has 4 N–H and O–H groups in total. The molecule has 2 aliphatic rings. The molecule has 0 saturated carbocycles. The average Bonchev–Trinajstić information content (AvgIpc) is 3.58. The van der Waals surface area contributed by atoms with Crippen LogP contribution in [0, 0.1) is 0 Å². The van der Waals surface area contributed by atoms with Gasteiger partial charge in [0.25, 0.3) is 0 Å². The van der Waals surface area contributed by atoms with Crippen molar-refractivity contribution in [3.05, 3.63) is 11.6 Å². The lowest BCUT2D eigenvalue weighted by atomic mass is 9.98. The molecule has 7 nitrogen and oxygen atoms in total.